The number of ether oxygens (including phenoxy) is 2. The lowest BCUT2D eigenvalue weighted by Gasteiger charge is -2.18. The fourth-order valence-electron chi connectivity index (χ4n) is 1.89. The molecule has 0 aliphatic carbocycles. The average molecular weight is 362 g/mol. The number of aromatic nitrogens is 4. The van der Waals surface area contributed by atoms with Gasteiger partial charge in [0, 0.05) is 0 Å². The molecule has 0 aliphatic rings. The monoisotopic (exact) mass is 362 g/mol. The van der Waals surface area contributed by atoms with Crippen LogP contribution in [0.5, 0.6) is 0 Å². The predicted molar refractivity (Wildman–Crippen MR) is 78.4 cm³/mol. The Hall–Kier alpha value is -2.11. The van der Waals surface area contributed by atoms with Gasteiger partial charge in [-0.2, -0.15) is 0 Å². The van der Waals surface area contributed by atoms with Gasteiger partial charge >= 0.3 is 13.6 Å². The van der Waals surface area contributed by atoms with E-state index < -0.39 is 38.2 Å². The molecule has 12 nitrogen and oxygen atoms in total. The largest absolute Gasteiger partial charge is 0.480 e. The second-order valence-electron chi connectivity index (χ2n) is 4.79. The third kappa shape index (κ3) is 5.22. The van der Waals surface area contributed by atoms with Crippen molar-refractivity contribution in [1.29, 1.82) is 0 Å². The summed E-state index contributed by atoms with van der Waals surface area (Å²) in [6, 6.07) is 0. The van der Waals surface area contributed by atoms with Crippen LogP contribution in [0.2, 0.25) is 0 Å². The average Bonchev–Trinajstić information content (AvgIpc) is 2.88. The molecule has 24 heavy (non-hydrogen) atoms. The van der Waals surface area contributed by atoms with Gasteiger partial charge < -0.3 is 33.9 Å². The molecule has 0 radical (unpaired) electrons. The quantitative estimate of drug-likeness (QED) is 0.394. The van der Waals surface area contributed by atoms with Crippen molar-refractivity contribution in [1.82, 2.24) is 19.5 Å². The number of nitrogens with one attached hydrogen (secondary N) is 1. The van der Waals surface area contributed by atoms with Crippen molar-refractivity contribution >= 4 is 24.7 Å². The van der Waals surface area contributed by atoms with Gasteiger partial charge in [-0.3, -0.25) is 9.36 Å². The molecule has 1 atom stereocenters. The number of rotatable bonds is 9. The van der Waals surface area contributed by atoms with Gasteiger partial charge in [0.15, 0.2) is 11.2 Å². The molecule has 0 fully saturated rings. The zero-order valence-electron chi connectivity index (χ0n) is 12.2. The molecule has 0 aromatic carbocycles. The molecule has 0 saturated carbocycles. The minimum atomic E-state index is -4.35. The summed E-state index contributed by atoms with van der Waals surface area (Å²) in [7, 11) is -4.35. The summed E-state index contributed by atoms with van der Waals surface area (Å²) in [5, 5.41) is 8.68. The number of aliphatic carboxylic acids is 1. The highest BCUT2D eigenvalue weighted by atomic mass is 31.2. The Morgan fingerprint density at radius 1 is 1.42 bits per heavy atom. The lowest BCUT2D eigenvalue weighted by Crippen LogP contribution is -2.28. The van der Waals surface area contributed by atoms with Gasteiger partial charge in [0.1, 0.15) is 13.0 Å². The van der Waals surface area contributed by atoms with E-state index in [1.54, 1.807) is 0 Å². The van der Waals surface area contributed by atoms with Gasteiger partial charge in [-0.15, -0.1) is 0 Å². The SMILES string of the molecule is O=C(O)COC(COCP(=O)(O)O)Cn1cnc2c(=O)[nH]cnc21. The molecule has 2 rings (SSSR count). The first-order valence-corrected chi connectivity index (χ1v) is 8.40. The maximum Gasteiger partial charge on any atom is 0.350 e. The smallest absolute Gasteiger partial charge is 0.350 e. The first-order valence-electron chi connectivity index (χ1n) is 6.60. The van der Waals surface area contributed by atoms with Crippen molar-refractivity contribution in [3.8, 4) is 0 Å². The molecule has 2 aromatic heterocycles. The van der Waals surface area contributed by atoms with Crippen molar-refractivity contribution in [2.24, 2.45) is 0 Å². The van der Waals surface area contributed by atoms with Crippen LogP contribution in [0.25, 0.3) is 11.2 Å². The first-order chi connectivity index (χ1) is 11.3. The maximum absolute atomic E-state index is 11.6. The standard InChI is InChI=1S/C11H15N4O8P/c16-8(17)3-23-7(2-22-6-24(19,20)21)1-15-5-14-9-10(15)12-4-13-11(9)18/h4-5,7H,1-3,6H2,(H,16,17)(H,12,13,18)(H2,19,20,21). The van der Waals surface area contributed by atoms with E-state index in [1.807, 2.05) is 0 Å². The molecule has 1 unspecified atom stereocenters. The summed E-state index contributed by atoms with van der Waals surface area (Å²) < 4.78 is 22.2. The van der Waals surface area contributed by atoms with Crippen LogP contribution in [-0.4, -0.2) is 66.0 Å². The first kappa shape index (κ1) is 18.2. The van der Waals surface area contributed by atoms with Crippen LogP contribution in [-0.2, 0) is 25.4 Å². The summed E-state index contributed by atoms with van der Waals surface area (Å²) in [6.07, 6.45) is 0.863. The number of carboxylic acids is 1. The fraction of sp³-hybridized carbons (Fsp3) is 0.455. The minimum Gasteiger partial charge on any atom is -0.480 e. The van der Waals surface area contributed by atoms with E-state index in [2.05, 4.69) is 15.0 Å². The summed E-state index contributed by atoms with van der Waals surface area (Å²) >= 11 is 0. The molecular formula is C11H15N4O8P. The Labute approximate surface area is 134 Å². The third-order valence-corrected chi connectivity index (χ3v) is 3.33. The Bertz CT molecular complexity index is 812. The normalized spacial score (nSPS) is 13.2. The Balaban J connectivity index is 2.10. The molecule has 2 heterocycles. The highest BCUT2D eigenvalue weighted by molar-refractivity contribution is 7.51. The molecule has 0 amide bonds. The minimum absolute atomic E-state index is 0.0292. The molecule has 13 heteroatoms. The number of fused-ring (bicyclic) bond motifs is 1. The van der Waals surface area contributed by atoms with Crippen LogP contribution in [0.1, 0.15) is 0 Å². The van der Waals surface area contributed by atoms with Crippen molar-refractivity contribution < 1.29 is 33.7 Å². The second kappa shape index (κ2) is 7.64. The van der Waals surface area contributed by atoms with Crippen LogP contribution < -0.4 is 5.56 Å². The number of hydrogen-bond acceptors (Lipinski definition) is 7. The lowest BCUT2D eigenvalue weighted by molar-refractivity contribution is -0.146. The van der Waals surface area contributed by atoms with E-state index in [4.69, 9.17) is 24.4 Å². The number of nitrogens with zero attached hydrogens (tertiary/aromatic N) is 3. The van der Waals surface area contributed by atoms with E-state index in [0.717, 1.165) is 0 Å². The fourth-order valence-corrected chi connectivity index (χ4v) is 2.23. The second-order valence-corrected chi connectivity index (χ2v) is 6.38. The van der Waals surface area contributed by atoms with Crippen molar-refractivity contribution in [3.05, 3.63) is 23.0 Å². The van der Waals surface area contributed by atoms with E-state index in [1.165, 1.54) is 17.2 Å². The van der Waals surface area contributed by atoms with Gasteiger partial charge in [-0.1, -0.05) is 0 Å². The molecule has 4 N–H and O–H groups in total. The van der Waals surface area contributed by atoms with E-state index in [0.29, 0.717) is 0 Å². The highest BCUT2D eigenvalue weighted by Crippen LogP contribution is 2.33. The number of hydrogen-bond donors (Lipinski definition) is 4. The Morgan fingerprint density at radius 3 is 2.83 bits per heavy atom. The summed E-state index contributed by atoms with van der Waals surface area (Å²) in [6.45, 7) is -0.854. The Kier molecular flexibility index (Phi) is 5.80. The zero-order chi connectivity index (χ0) is 17.7. The van der Waals surface area contributed by atoms with Gasteiger partial charge in [0.25, 0.3) is 5.56 Å². The van der Waals surface area contributed by atoms with Crippen LogP contribution in [0.15, 0.2) is 17.4 Å². The van der Waals surface area contributed by atoms with Crippen LogP contribution in [0.3, 0.4) is 0 Å². The zero-order valence-corrected chi connectivity index (χ0v) is 13.1. The summed E-state index contributed by atoms with van der Waals surface area (Å²) in [5.41, 5.74) is -0.0669. The number of H-pyrrole nitrogens is 1. The molecular weight excluding hydrogens is 347 g/mol. The molecule has 0 saturated heterocycles. The molecule has 132 valence electrons. The van der Waals surface area contributed by atoms with Gasteiger partial charge in [-0.25, -0.2) is 14.8 Å². The summed E-state index contributed by atoms with van der Waals surface area (Å²) in [5.74, 6) is -1.21. The molecule has 2 aromatic rings. The van der Waals surface area contributed by atoms with E-state index in [9.17, 15) is 14.2 Å². The van der Waals surface area contributed by atoms with Crippen molar-refractivity contribution in [2.45, 2.75) is 12.6 Å². The third-order valence-electron chi connectivity index (χ3n) is 2.81. The number of imidazole rings is 1. The van der Waals surface area contributed by atoms with E-state index >= 15 is 0 Å². The van der Waals surface area contributed by atoms with Crippen molar-refractivity contribution in [3.63, 3.8) is 0 Å². The van der Waals surface area contributed by atoms with Crippen LogP contribution >= 0.6 is 7.60 Å². The maximum atomic E-state index is 11.6. The molecule has 0 aliphatic heterocycles. The van der Waals surface area contributed by atoms with Gasteiger partial charge in [0.05, 0.1) is 31.9 Å². The van der Waals surface area contributed by atoms with Crippen molar-refractivity contribution in [2.75, 3.05) is 19.6 Å². The predicted octanol–water partition coefficient (Wildman–Crippen LogP) is -1.26. The lowest BCUT2D eigenvalue weighted by atomic mass is 10.3. The van der Waals surface area contributed by atoms with Gasteiger partial charge in [-0.05, 0) is 0 Å². The van der Waals surface area contributed by atoms with Crippen LogP contribution in [0, 0.1) is 0 Å². The summed E-state index contributed by atoms with van der Waals surface area (Å²) in [4.78, 5) is 50.0. The number of aromatic amines is 1. The van der Waals surface area contributed by atoms with E-state index in [-0.39, 0.29) is 24.3 Å². The topological polar surface area (TPSA) is 177 Å². The van der Waals surface area contributed by atoms with Crippen LogP contribution in [0.4, 0.5) is 0 Å². The highest BCUT2D eigenvalue weighted by Gasteiger charge is 2.19. The molecule has 0 bridgehead atoms. The van der Waals surface area contributed by atoms with Gasteiger partial charge in [0.2, 0.25) is 0 Å². The molecule has 0 spiro atoms. The number of carboxylic acid groups (broad SMARTS) is 1. The number of carbonyl (C=O) groups is 1. The Morgan fingerprint density at radius 2 is 2.17 bits per heavy atom.